The fraction of sp³-hybridized carbons (Fsp3) is 0.357. The molecule has 1 fully saturated rings. The van der Waals surface area contributed by atoms with Gasteiger partial charge in [0.25, 0.3) is 0 Å². The number of para-hydroxylation sites is 1. The number of ether oxygens (including phenoxy) is 1. The van der Waals surface area contributed by atoms with E-state index in [-0.39, 0.29) is 0 Å². The maximum atomic E-state index is 5.34. The van der Waals surface area contributed by atoms with Crippen molar-refractivity contribution < 1.29 is 4.74 Å². The molecule has 1 aliphatic rings. The largest absolute Gasteiger partial charge is 0.496 e. The third-order valence-corrected chi connectivity index (χ3v) is 3.15. The lowest BCUT2D eigenvalue weighted by molar-refractivity contribution is 0.416. The Morgan fingerprint density at radius 1 is 1.39 bits per heavy atom. The van der Waals surface area contributed by atoms with Gasteiger partial charge in [0.15, 0.2) is 0 Å². The van der Waals surface area contributed by atoms with Gasteiger partial charge in [-0.3, -0.25) is 0 Å². The van der Waals surface area contributed by atoms with Crippen LogP contribution in [0.4, 0.5) is 0 Å². The quantitative estimate of drug-likeness (QED) is 0.847. The van der Waals surface area contributed by atoms with Crippen molar-refractivity contribution in [2.75, 3.05) is 7.11 Å². The van der Waals surface area contributed by atoms with Gasteiger partial charge in [-0.05, 0) is 25.0 Å². The van der Waals surface area contributed by atoms with Crippen molar-refractivity contribution in [1.82, 2.24) is 15.3 Å². The number of nitrogens with zero attached hydrogens (tertiary/aromatic N) is 1. The van der Waals surface area contributed by atoms with E-state index in [1.54, 1.807) is 7.11 Å². The Hall–Kier alpha value is -1.81. The minimum atomic E-state index is 0.711. The van der Waals surface area contributed by atoms with Crippen LogP contribution in [0.2, 0.25) is 0 Å². The lowest BCUT2D eigenvalue weighted by Gasteiger charge is -2.05. The van der Waals surface area contributed by atoms with Crippen LogP contribution in [0, 0.1) is 0 Å². The predicted molar refractivity (Wildman–Crippen MR) is 70.4 cm³/mol. The monoisotopic (exact) mass is 243 g/mol. The number of imidazole rings is 1. The number of benzene rings is 1. The highest BCUT2D eigenvalue weighted by atomic mass is 16.5. The van der Waals surface area contributed by atoms with Crippen molar-refractivity contribution in [3.63, 3.8) is 0 Å². The van der Waals surface area contributed by atoms with Crippen LogP contribution in [-0.4, -0.2) is 23.1 Å². The molecule has 1 saturated carbocycles. The van der Waals surface area contributed by atoms with Crippen LogP contribution in [0.25, 0.3) is 11.4 Å². The van der Waals surface area contributed by atoms with E-state index >= 15 is 0 Å². The normalized spacial score (nSPS) is 14.7. The molecule has 4 nitrogen and oxygen atoms in total. The van der Waals surface area contributed by atoms with Gasteiger partial charge in [0.2, 0.25) is 0 Å². The third kappa shape index (κ3) is 2.38. The molecule has 1 aromatic carbocycles. The van der Waals surface area contributed by atoms with E-state index in [0.29, 0.717) is 6.04 Å². The summed E-state index contributed by atoms with van der Waals surface area (Å²) >= 11 is 0. The highest BCUT2D eigenvalue weighted by Gasteiger charge is 2.20. The molecular formula is C14H17N3O. The fourth-order valence-corrected chi connectivity index (χ4v) is 1.97. The Balaban J connectivity index is 1.78. The molecule has 0 unspecified atom stereocenters. The van der Waals surface area contributed by atoms with Gasteiger partial charge < -0.3 is 15.0 Å². The molecule has 94 valence electrons. The summed E-state index contributed by atoms with van der Waals surface area (Å²) in [5.41, 5.74) is 2.11. The molecule has 0 spiro atoms. The van der Waals surface area contributed by atoms with E-state index in [1.165, 1.54) is 12.8 Å². The van der Waals surface area contributed by atoms with Crippen LogP contribution in [0.1, 0.15) is 18.5 Å². The molecule has 0 radical (unpaired) electrons. The van der Waals surface area contributed by atoms with E-state index in [4.69, 9.17) is 4.74 Å². The van der Waals surface area contributed by atoms with Crippen molar-refractivity contribution in [3.8, 4) is 17.1 Å². The molecule has 2 N–H and O–H groups in total. The second-order valence-corrected chi connectivity index (χ2v) is 4.61. The Morgan fingerprint density at radius 2 is 2.22 bits per heavy atom. The molecule has 0 saturated heterocycles. The molecule has 18 heavy (non-hydrogen) atoms. The lowest BCUT2D eigenvalue weighted by atomic mass is 10.2. The molecule has 4 heteroatoms. The zero-order valence-corrected chi connectivity index (χ0v) is 10.4. The number of H-pyrrole nitrogens is 1. The van der Waals surface area contributed by atoms with E-state index in [9.17, 15) is 0 Å². The Labute approximate surface area is 106 Å². The summed E-state index contributed by atoms with van der Waals surface area (Å²) in [6.07, 6.45) is 4.48. The van der Waals surface area contributed by atoms with Gasteiger partial charge in [-0.2, -0.15) is 0 Å². The van der Waals surface area contributed by atoms with Crippen LogP contribution in [-0.2, 0) is 6.54 Å². The van der Waals surface area contributed by atoms with E-state index < -0.39 is 0 Å². The van der Waals surface area contributed by atoms with E-state index in [2.05, 4.69) is 15.3 Å². The van der Waals surface area contributed by atoms with Gasteiger partial charge >= 0.3 is 0 Å². The van der Waals surface area contributed by atoms with Gasteiger partial charge in [0.05, 0.1) is 12.7 Å². The van der Waals surface area contributed by atoms with Crippen molar-refractivity contribution in [3.05, 3.63) is 36.2 Å². The zero-order valence-electron chi connectivity index (χ0n) is 10.4. The second-order valence-electron chi connectivity index (χ2n) is 4.61. The molecule has 0 aliphatic heterocycles. The van der Waals surface area contributed by atoms with Gasteiger partial charge in [0.1, 0.15) is 11.6 Å². The summed E-state index contributed by atoms with van der Waals surface area (Å²) < 4.78 is 5.34. The summed E-state index contributed by atoms with van der Waals surface area (Å²) in [6.45, 7) is 0.854. The van der Waals surface area contributed by atoms with Gasteiger partial charge in [-0.1, -0.05) is 12.1 Å². The number of aromatic nitrogens is 2. The summed E-state index contributed by atoms with van der Waals surface area (Å²) in [4.78, 5) is 7.75. The Bertz CT molecular complexity index is 531. The van der Waals surface area contributed by atoms with Gasteiger partial charge in [0, 0.05) is 24.5 Å². The summed E-state index contributed by atoms with van der Waals surface area (Å²) in [5.74, 6) is 1.70. The predicted octanol–water partition coefficient (Wildman–Crippen LogP) is 2.34. The van der Waals surface area contributed by atoms with Crippen LogP contribution in [0.5, 0.6) is 5.75 Å². The number of nitrogens with one attached hydrogen (secondary N) is 2. The maximum Gasteiger partial charge on any atom is 0.141 e. The minimum absolute atomic E-state index is 0.711. The average Bonchev–Trinajstić information content (AvgIpc) is 3.13. The summed E-state index contributed by atoms with van der Waals surface area (Å²) in [7, 11) is 1.68. The second kappa shape index (κ2) is 4.82. The molecule has 1 heterocycles. The highest BCUT2D eigenvalue weighted by molar-refractivity contribution is 5.64. The molecule has 2 aromatic rings. The van der Waals surface area contributed by atoms with Crippen LogP contribution in [0.3, 0.4) is 0 Å². The van der Waals surface area contributed by atoms with Crippen LogP contribution < -0.4 is 10.1 Å². The molecule has 0 atom stereocenters. The van der Waals surface area contributed by atoms with Crippen molar-refractivity contribution >= 4 is 0 Å². The highest BCUT2D eigenvalue weighted by Crippen LogP contribution is 2.27. The van der Waals surface area contributed by atoms with Crippen LogP contribution >= 0.6 is 0 Å². The topological polar surface area (TPSA) is 49.9 Å². The molecule has 1 aliphatic carbocycles. The molecule has 0 bridgehead atoms. The van der Waals surface area contributed by atoms with E-state index in [0.717, 1.165) is 29.4 Å². The Morgan fingerprint density at radius 3 is 3.00 bits per heavy atom. The number of hydrogen-bond donors (Lipinski definition) is 2. The van der Waals surface area contributed by atoms with Gasteiger partial charge in [-0.15, -0.1) is 0 Å². The number of aromatic amines is 1. The molecule has 3 rings (SSSR count). The minimum Gasteiger partial charge on any atom is -0.496 e. The lowest BCUT2D eigenvalue weighted by Crippen LogP contribution is -2.15. The van der Waals surface area contributed by atoms with Crippen molar-refractivity contribution in [1.29, 1.82) is 0 Å². The van der Waals surface area contributed by atoms with Gasteiger partial charge in [-0.25, -0.2) is 4.98 Å². The first-order valence-corrected chi connectivity index (χ1v) is 6.27. The first-order valence-electron chi connectivity index (χ1n) is 6.27. The maximum absolute atomic E-state index is 5.34. The summed E-state index contributed by atoms with van der Waals surface area (Å²) in [6, 6.07) is 8.61. The first-order chi connectivity index (χ1) is 8.86. The number of rotatable bonds is 5. The zero-order chi connectivity index (χ0) is 12.4. The fourth-order valence-electron chi connectivity index (χ4n) is 1.97. The smallest absolute Gasteiger partial charge is 0.141 e. The molecule has 0 amide bonds. The Kier molecular flexibility index (Phi) is 3.02. The van der Waals surface area contributed by atoms with E-state index in [1.807, 2.05) is 30.5 Å². The van der Waals surface area contributed by atoms with Crippen molar-refractivity contribution in [2.24, 2.45) is 0 Å². The molecular weight excluding hydrogens is 226 g/mol. The standard InChI is InChI=1S/C14H17N3O/c1-18-13-5-3-2-4-12(13)14-16-9-11(17-14)8-15-10-6-7-10/h2-5,9-10,15H,6-8H2,1H3,(H,16,17). The number of methoxy groups -OCH3 is 1. The van der Waals surface area contributed by atoms with Crippen LogP contribution in [0.15, 0.2) is 30.5 Å². The summed E-state index contributed by atoms with van der Waals surface area (Å²) in [5, 5.41) is 3.46. The first kappa shape index (κ1) is 11.3. The van der Waals surface area contributed by atoms with Crippen molar-refractivity contribution in [2.45, 2.75) is 25.4 Å². The molecule has 1 aromatic heterocycles. The SMILES string of the molecule is COc1ccccc1-c1ncc(CNC2CC2)[nH]1. The average molecular weight is 243 g/mol. The third-order valence-electron chi connectivity index (χ3n) is 3.15. The number of hydrogen-bond acceptors (Lipinski definition) is 3.